The molecule has 0 aliphatic rings. The first kappa shape index (κ1) is 19.8. The molecule has 2 atom stereocenters. The van der Waals surface area contributed by atoms with Crippen molar-refractivity contribution in [1.82, 2.24) is 10.6 Å². The molecular formula is C18H28N2O4. The molecule has 6 nitrogen and oxygen atoms in total. The Balaban J connectivity index is 2.54. The van der Waals surface area contributed by atoms with Crippen molar-refractivity contribution in [3.05, 3.63) is 29.8 Å². The monoisotopic (exact) mass is 336 g/mol. The van der Waals surface area contributed by atoms with Gasteiger partial charge in [0.1, 0.15) is 17.4 Å². The second-order valence-electron chi connectivity index (χ2n) is 6.60. The maximum absolute atomic E-state index is 12.2. The van der Waals surface area contributed by atoms with Crippen LogP contribution in [0, 0.1) is 0 Å². The molecule has 0 saturated carbocycles. The van der Waals surface area contributed by atoms with E-state index in [0.29, 0.717) is 6.61 Å². The van der Waals surface area contributed by atoms with E-state index in [9.17, 15) is 9.59 Å². The van der Waals surface area contributed by atoms with Crippen molar-refractivity contribution >= 4 is 12.0 Å². The Morgan fingerprint density at radius 2 is 1.67 bits per heavy atom. The van der Waals surface area contributed by atoms with Gasteiger partial charge in [0.25, 0.3) is 0 Å². The largest absolute Gasteiger partial charge is 0.494 e. The van der Waals surface area contributed by atoms with Crippen molar-refractivity contribution in [3.63, 3.8) is 0 Å². The molecule has 0 aliphatic heterocycles. The van der Waals surface area contributed by atoms with Crippen molar-refractivity contribution < 1.29 is 19.1 Å². The van der Waals surface area contributed by atoms with Gasteiger partial charge in [-0.1, -0.05) is 12.1 Å². The van der Waals surface area contributed by atoms with E-state index in [-0.39, 0.29) is 11.9 Å². The van der Waals surface area contributed by atoms with Crippen LogP contribution in [0.15, 0.2) is 24.3 Å². The number of nitrogens with one attached hydrogen (secondary N) is 2. The highest BCUT2D eigenvalue weighted by atomic mass is 16.6. The summed E-state index contributed by atoms with van der Waals surface area (Å²) in [5.74, 6) is 0.516. The molecule has 1 aromatic rings. The Hall–Kier alpha value is -2.24. The highest BCUT2D eigenvalue weighted by molar-refractivity contribution is 5.85. The predicted octanol–water partition coefficient (Wildman–Crippen LogP) is 3.18. The van der Waals surface area contributed by atoms with Gasteiger partial charge < -0.3 is 20.1 Å². The van der Waals surface area contributed by atoms with Crippen molar-refractivity contribution in [3.8, 4) is 5.75 Å². The van der Waals surface area contributed by atoms with Gasteiger partial charge in [0.2, 0.25) is 5.91 Å². The van der Waals surface area contributed by atoms with E-state index in [4.69, 9.17) is 9.47 Å². The zero-order valence-corrected chi connectivity index (χ0v) is 15.3. The third-order valence-electron chi connectivity index (χ3n) is 3.18. The molecule has 134 valence electrons. The number of amides is 2. The number of carbonyl (C=O) groups excluding carboxylic acids is 2. The molecule has 0 fully saturated rings. The van der Waals surface area contributed by atoms with Gasteiger partial charge in [-0.25, -0.2) is 4.79 Å². The summed E-state index contributed by atoms with van der Waals surface area (Å²) in [5.41, 5.74) is 0.354. The summed E-state index contributed by atoms with van der Waals surface area (Å²) in [7, 11) is 0. The molecule has 0 spiro atoms. The normalized spacial score (nSPS) is 13.6. The SMILES string of the molecule is CCOc1ccc(C(C)NC(=O)C(C)NC(=O)OC(C)(C)C)cc1. The summed E-state index contributed by atoms with van der Waals surface area (Å²) >= 11 is 0. The van der Waals surface area contributed by atoms with Crippen LogP contribution in [0.1, 0.15) is 53.1 Å². The first-order chi connectivity index (χ1) is 11.1. The average Bonchev–Trinajstić information content (AvgIpc) is 2.46. The lowest BCUT2D eigenvalue weighted by Crippen LogP contribution is -2.47. The Labute approximate surface area is 143 Å². The van der Waals surface area contributed by atoms with Gasteiger partial charge in [0.15, 0.2) is 0 Å². The fourth-order valence-electron chi connectivity index (χ4n) is 1.99. The lowest BCUT2D eigenvalue weighted by Gasteiger charge is -2.22. The summed E-state index contributed by atoms with van der Waals surface area (Å²) in [6.07, 6.45) is -0.612. The first-order valence-corrected chi connectivity index (χ1v) is 8.15. The fraction of sp³-hybridized carbons (Fsp3) is 0.556. The van der Waals surface area contributed by atoms with E-state index in [1.807, 2.05) is 38.1 Å². The highest BCUT2D eigenvalue weighted by Crippen LogP contribution is 2.17. The molecule has 2 amide bonds. The molecule has 0 heterocycles. The van der Waals surface area contributed by atoms with Crippen molar-refractivity contribution in [2.75, 3.05) is 6.61 Å². The Bertz CT molecular complexity index is 549. The lowest BCUT2D eigenvalue weighted by atomic mass is 10.1. The van der Waals surface area contributed by atoms with Gasteiger partial charge >= 0.3 is 6.09 Å². The van der Waals surface area contributed by atoms with Crippen LogP contribution in [0.2, 0.25) is 0 Å². The van der Waals surface area contributed by atoms with Gasteiger partial charge in [0, 0.05) is 0 Å². The third-order valence-corrected chi connectivity index (χ3v) is 3.18. The summed E-state index contributed by atoms with van der Waals surface area (Å²) in [4.78, 5) is 23.9. The maximum atomic E-state index is 12.2. The molecule has 0 aromatic heterocycles. The third kappa shape index (κ3) is 6.89. The zero-order valence-electron chi connectivity index (χ0n) is 15.3. The fourth-order valence-corrected chi connectivity index (χ4v) is 1.99. The summed E-state index contributed by atoms with van der Waals surface area (Å²) in [5, 5.41) is 5.39. The second kappa shape index (κ2) is 8.57. The summed E-state index contributed by atoms with van der Waals surface area (Å²) < 4.78 is 10.5. The van der Waals surface area contributed by atoms with Crippen molar-refractivity contribution in [2.45, 2.75) is 59.2 Å². The molecule has 6 heteroatoms. The number of benzene rings is 1. The maximum Gasteiger partial charge on any atom is 0.408 e. The van der Waals surface area contributed by atoms with E-state index in [1.165, 1.54) is 0 Å². The van der Waals surface area contributed by atoms with Crippen LogP contribution in [-0.4, -0.2) is 30.3 Å². The Kier molecular flexibility index (Phi) is 7.07. The standard InChI is InChI=1S/C18H28N2O4/c1-7-23-15-10-8-14(9-11-15)12(2)19-16(21)13(3)20-17(22)24-18(4,5)6/h8-13H,7H2,1-6H3,(H,19,21)(H,20,22). The molecule has 2 N–H and O–H groups in total. The van der Waals surface area contributed by atoms with Crippen LogP contribution >= 0.6 is 0 Å². The molecule has 1 rings (SSSR count). The number of alkyl carbamates (subject to hydrolysis) is 1. The molecule has 0 saturated heterocycles. The van der Waals surface area contributed by atoms with Gasteiger partial charge in [-0.3, -0.25) is 4.79 Å². The Morgan fingerprint density at radius 3 is 2.17 bits per heavy atom. The minimum Gasteiger partial charge on any atom is -0.494 e. The predicted molar refractivity (Wildman–Crippen MR) is 93.0 cm³/mol. The average molecular weight is 336 g/mol. The van der Waals surface area contributed by atoms with Crippen LogP contribution in [-0.2, 0) is 9.53 Å². The molecule has 0 radical (unpaired) electrons. The highest BCUT2D eigenvalue weighted by Gasteiger charge is 2.22. The van der Waals surface area contributed by atoms with Crippen molar-refractivity contribution in [1.29, 1.82) is 0 Å². The molecule has 24 heavy (non-hydrogen) atoms. The van der Waals surface area contributed by atoms with E-state index >= 15 is 0 Å². The minimum atomic E-state index is -0.690. The first-order valence-electron chi connectivity index (χ1n) is 8.15. The van der Waals surface area contributed by atoms with Gasteiger partial charge in [-0.15, -0.1) is 0 Å². The molecule has 1 aromatic carbocycles. The smallest absolute Gasteiger partial charge is 0.408 e. The zero-order chi connectivity index (χ0) is 18.3. The van der Waals surface area contributed by atoms with Crippen LogP contribution in [0.25, 0.3) is 0 Å². The summed E-state index contributed by atoms with van der Waals surface area (Å²) in [6, 6.07) is 6.67. The topological polar surface area (TPSA) is 76.7 Å². The number of ether oxygens (including phenoxy) is 2. The quantitative estimate of drug-likeness (QED) is 0.836. The van der Waals surface area contributed by atoms with Crippen LogP contribution in [0.5, 0.6) is 5.75 Å². The van der Waals surface area contributed by atoms with Crippen molar-refractivity contribution in [2.24, 2.45) is 0 Å². The van der Waals surface area contributed by atoms with E-state index in [2.05, 4.69) is 10.6 Å². The van der Waals surface area contributed by atoms with Crippen LogP contribution in [0.4, 0.5) is 4.79 Å². The number of rotatable bonds is 6. The van der Waals surface area contributed by atoms with Gasteiger partial charge in [-0.2, -0.15) is 0 Å². The van der Waals surface area contributed by atoms with E-state index in [1.54, 1.807) is 27.7 Å². The molecular weight excluding hydrogens is 308 g/mol. The Morgan fingerprint density at radius 1 is 1.08 bits per heavy atom. The van der Waals surface area contributed by atoms with E-state index in [0.717, 1.165) is 11.3 Å². The molecule has 0 aliphatic carbocycles. The van der Waals surface area contributed by atoms with Gasteiger partial charge in [0.05, 0.1) is 12.6 Å². The molecule has 0 bridgehead atoms. The van der Waals surface area contributed by atoms with Gasteiger partial charge in [-0.05, 0) is 59.2 Å². The van der Waals surface area contributed by atoms with Crippen LogP contribution in [0.3, 0.4) is 0 Å². The summed E-state index contributed by atoms with van der Waals surface area (Å²) in [6.45, 7) is 11.3. The number of hydrogen-bond acceptors (Lipinski definition) is 4. The second-order valence-corrected chi connectivity index (χ2v) is 6.60. The lowest BCUT2D eigenvalue weighted by molar-refractivity contribution is -0.123. The minimum absolute atomic E-state index is 0.184. The van der Waals surface area contributed by atoms with Crippen LogP contribution < -0.4 is 15.4 Å². The van der Waals surface area contributed by atoms with E-state index < -0.39 is 17.7 Å². The number of hydrogen-bond donors (Lipinski definition) is 2. The molecule has 2 unspecified atom stereocenters. The number of carbonyl (C=O) groups is 2.